The second kappa shape index (κ2) is 7.80. The third kappa shape index (κ3) is 3.24. The summed E-state index contributed by atoms with van der Waals surface area (Å²) in [5.41, 5.74) is 5.70. The molecular formula is C26H24N4O2. The van der Waals surface area contributed by atoms with Crippen molar-refractivity contribution in [1.29, 1.82) is 0 Å². The van der Waals surface area contributed by atoms with Crippen molar-refractivity contribution < 1.29 is 9.53 Å². The fourth-order valence-electron chi connectivity index (χ4n) is 4.73. The standard InChI is InChI=1S/C26H24N4O2/c31-26-21-7-1-2-8-22(21)28-25(29(26)16-20-6-5-15-32-20)18-11-13-19(14-12-18)30-17-27-23-9-3-4-10-24(23)30/h1-4,7-14,17,20,25,28H,5-6,15-16H2/t20-,25-/m0/s1. The molecule has 32 heavy (non-hydrogen) atoms. The lowest BCUT2D eigenvalue weighted by Crippen LogP contribution is -2.46. The van der Waals surface area contributed by atoms with Crippen molar-refractivity contribution in [2.75, 3.05) is 18.5 Å². The first-order valence-corrected chi connectivity index (χ1v) is 11.1. The van der Waals surface area contributed by atoms with Crippen molar-refractivity contribution in [2.24, 2.45) is 0 Å². The molecule has 2 aliphatic rings. The van der Waals surface area contributed by atoms with Crippen molar-refractivity contribution in [3.8, 4) is 5.69 Å². The zero-order valence-electron chi connectivity index (χ0n) is 17.6. The highest BCUT2D eigenvalue weighted by molar-refractivity contribution is 6.01. The van der Waals surface area contributed by atoms with Crippen LogP contribution in [0.3, 0.4) is 0 Å². The van der Waals surface area contributed by atoms with Gasteiger partial charge >= 0.3 is 0 Å². The molecule has 1 aromatic heterocycles. The van der Waals surface area contributed by atoms with Crippen LogP contribution in [0.15, 0.2) is 79.1 Å². The molecule has 0 radical (unpaired) electrons. The summed E-state index contributed by atoms with van der Waals surface area (Å²) < 4.78 is 7.93. The molecule has 3 aromatic carbocycles. The first-order valence-electron chi connectivity index (χ1n) is 11.1. The van der Waals surface area contributed by atoms with E-state index in [-0.39, 0.29) is 18.2 Å². The summed E-state index contributed by atoms with van der Waals surface area (Å²) >= 11 is 0. The van der Waals surface area contributed by atoms with Gasteiger partial charge in [0, 0.05) is 24.5 Å². The van der Waals surface area contributed by atoms with E-state index in [1.807, 2.05) is 53.7 Å². The minimum Gasteiger partial charge on any atom is -0.376 e. The smallest absolute Gasteiger partial charge is 0.257 e. The molecule has 6 nitrogen and oxygen atoms in total. The number of nitrogens with one attached hydrogen (secondary N) is 1. The number of ether oxygens (including phenoxy) is 1. The number of rotatable bonds is 4. The first-order chi connectivity index (χ1) is 15.8. The number of hydrogen-bond acceptors (Lipinski definition) is 4. The van der Waals surface area contributed by atoms with Gasteiger partial charge in [0.2, 0.25) is 0 Å². The molecule has 0 unspecified atom stereocenters. The number of carbonyl (C=O) groups excluding carboxylic acids is 1. The van der Waals surface area contributed by atoms with E-state index in [1.54, 1.807) is 0 Å². The summed E-state index contributed by atoms with van der Waals surface area (Å²) in [4.78, 5) is 19.8. The highest BCUT2D eigenvalue weighted by Gasteiger charge is 2.35. The van der Waals surface area contributed by atoms with Crippen LogP contribution in [0.2, 0.25) is 0 Å². The van der Waals surface area contributed by atoms with Crippen molar-refractivity contribution in [3.05, 3.63) is 90.3 Å². The van der Waals surface area contributed by atoms with Crippen molar-refractivity contribution in [3.63, 3.8) is 0 Å². The SMILES string of the molecule is O=C1c2ccccc2N[C@H](c2ccc(-n3cnc4ccccc43)cc2)N1C[C@@H]1CCCO1. The average molecular weight is 425 g/mol. The number of amides is 1. The molecule has 1 amide bonds. The molecule has 1 fully saturated rings. The maximum absolute atomic E-state index is 13.4. The Labute approximate surface area is 186 Å². The van der Waals surface area contributed by atoms with E-state index >= 15 is 0 Å². The summed E-state index contributed by atoms with van der Waals surface area (Å²) in [5.74, 6) is 0.0459. The molecule has 1 N–H and O–H groups in total. The molecule has 4 aromatic rings. The molecule has 0 saturated carbocycles. The van der Waals surface area contributed by atoms with Crippen LogP contribution in [-0.2, 0) is 4.74 Å². The predicted octanol–water partition coefficient (Wildman–Crippen LogP) is 4.77. The fourth-order valence-corrected chi connectivity index (χ4v) is 4.73. The summed E-state index contributed by atoms with van der Waals surface area (Å²) in [6, 6.07) is 24.2. The highest BCUT2D eigenvalue weighted by Crippen LogP contribution is 2.34. The third-order valence-corrected chi connectivity index (χ3v) is 6.39. The van der Waals surface area contributed by atoms with E-state index < -0.39 is 0 Å². The number of carbonyl (C=O) groups is 1. The van der Waals surface area contributed by atoms with Gasteiger partial charge in [0.15, 0.2) is 0 Å². The number of hydrogen-bond donors (Lipinski definition) is 1. The molecule has 0 spiro atoms. The first kappa shape index (κ1) is 19.1. The van der Waals surface area contributed by atoms with Gasteiger partial charge in [-0.25, -0.2) is 4.98 Å². The minimum atomic E-state index is -0.241. The van der Waals surface area contributed by atoms with Crippen LogP contribution in [0.4, 0.5) is 5.69 Å². The zero-order valence-corrected chi connectivity index (χ0v) is 17.6. The Morgan fingerprint density at radius 3 is 2.66 bits per heavy atom. The third-order valence-electron chi connectivity index (χ3n) is 6.39. The fraction of sp³-hybridized carbons (Fsp3) is 0.231. The highest BCUT2D eigenvalue weighted by atomic mass is 16.5. The Balaban J connectivity index is 1.35. The van der Waals surface area contributed by atoms with Crippen LogP contribution >= 0.6 is 0 Å². The quantitative estimate of drug-likeness (QED) is 0.513. The second-order valence-electron chi connectivity index (χ2n) is 8.38. The van der Waals surface area contributed by atoms with Gasteiger partial charge in [-0.05, 0) is 54.8 Å². The van der Waals surface area contributed by atoms with Gasteiger partial charge < -0.3 is 15.0 Å². The summed E-state index contributed by atoms with van der Waals surface area (Å²) in [5, 5.41) is 3.58. The lowest BCUT2D eigenvalue weighted by atomic mass is 10.0. The van der Waals surface area contributed by atoms with E-state index in [0.29, 0.717) is 12.1 Å². The van der Waals surface area contributed by atoms with Crippen LogP contribution < -0.4 is 5.32 Å². The van der Waals surface area contributed by atoms with Gasteiger partial charge in [0.1, 0.15) is 12.5 Å². The second-order valence-corrected chi connectivity index (χ2v) is 8.38. The lowest BCUT2D eigenvalue weighted by Gasteiger charge is -2.39. The van der Waals surface area contributed by atoms with E-state index in [2.05, 4.69) is 45.2 Å². The topological polar surface area (TPSA) is 59.4 Å². The lowest BCUT2D eigenvalue weighted by molar-refractivity contribution is 0.0427. The number of benzene rings is 3. The van der Waals surface area contributed by atoms with Gasteiger partial charge in [0.25, 0.3) is 5.91 Å². The molecule has 160 valence electrons. The Morgan fingerprint density at radius 2 is 1.81 bits per heavy atom. The Bertz CT molecular complexity index is 1270. The molecule has 0 bridgehead atoms. The monoisotopic (exact) mass is 424 g/mol. The predicted molar refractivity (Wildman–Crippen MR) is 124 cm³/mol. The molecule has 6 heteroatoms. The number of imidazole rings is 1. The van der Waals surface area contributed by atoms with Crippen LogP contribution in [0.1, 0.15) is 34.9 Å². The van der Waals surface area contributed by atoms with E-state index in [0.717, 1.165) is 47.4 Å². The average Bonchev–Trinajstić information content (AvgIpc) is 3.51. The van der Waals surface area contributed by atoms with Gasteiger partial charge in [-0.2, -0.15) is 0 Å². The van der Waals surface area contributed by atoms with Gasteiger partial charge in [-0.15, -0.1) is 0 Å². The summed E-state index contributed by atoms with van der Waals surface area (Å²) in [6.07, 6.45) is 3.74. The van der Waals surface area contributed by atoms with E-state index in [4.69, 9.17) is 4.74 Å². The number of anilines is 1. The van der Waals surface area contributed by atoms with Crippen LogP contribution in [-0.4, -0.2) is 39.6 Å². The number of aromatic nitrogens is 2. The number of para-hydroxylation sites is 3. The Kier molecular flexibility index (Phi) is 4.65. The normalized spacial score (nSPS) is 20.4. The number of nitrogens with zero attached hydrogens (tertiary/aromatic N) is 3. The van der Waals surface area contributed by atoms with E-state index in [1.165, 1.54) is 0 Å². The Morgan fingerprint density at radius 1 is 1.00 bits per heavy atom. The summed E-state index contributed by atoms with van der Waals surface area (Å²) in [7, 11) is 0. The van der Waals surface area contributed by atoms with Crippen LogP contribution in [0.25, 0.3) is 16.7 Å². The molecule has 1 saturated heterocycles. The van der Waals surface area contributed by atoms with Gasteiger partial charge in [-0.1, -0.05) is 36.4 Å². The largest absolute Gasteiger partial charge is 0.376 e. The van der Waals surface area contributed by atoms with E-state index in [9.17, 15) is 4.79 Å². The van der Waals surface area contributed by atoms with Gasteiger partial charge in [0.05, 0.1) is 22.7 Å². The summed E-state index contributed by atoms with van der Waals surface area (Å²) in [6.45, 7) is 1.35. The van der Waals surface area contributed by atoms with Crippen LogP contribution in [0, 0.1) is 0 Å². The van der Waals surface area contributed by atoms with Crippen LogP contribution in [0.5, 0.6) is 0 Å². The number of fused-ring (bicyclic) bond motifs is 2. The molecule has 2 aliphatic heterocycles. The maximum Gasteiger partial charge on any atom is 0.257 e. The van der Waals surface area contributed by atoms with Crippen molar-refractivity contribution in [2.45, 2.75) is 25.1 Å². The molecule has 2 atom stereocenters. The maximum atomic E-state index is 13.4. The van der Waals surface area contributed by atoms with Crippen molar-refractivity contribution in [1.82, 2.24) is 14.5 Å². The van der Waals surface area contributed by atoms with Crippen molar-refractivity contribution >= 4 is 22.6 Å². The molecule has 3 heterocycles. The Hall–Kier alpha value is -3.64. The zero-order chi connectivity index (χ0) is 21.5. The molecular weight excluding hydrogens is 400 g/mol. The molecule has 6 rings (SSSR count). The molecule has 0 aliphatic carbocycles. The minimum absolute atomic E-state index is 0.0459. The van der Waals surface area contributed by atoms with Gasteiger partial charge in [-0.3, -0.25) is 9.36 Å².